The molecule has 1 aliphatic heterocycles. The number of fused-ring (bicyclic) bond motifs is 1. The molecule has 0 spiro atoms. The van der Waals surface area contributed by atoms with Crippen LogP contribution in [-0.2, 0) is 4.84 Å². The molecule has 0 aliphatic carbocycles. The van der Waals surface area contributed by atoms with Gasteiger partial charge in [-0.1, -0.05) is 6.07 Å². The molecule has 2 atom stereocenters. The van der Waals surface area contributed by atoms with Crippen molar-refractivity contribution in [3.8, 4) is 5.75 Å². The van der Waals surface area contributed by atoms with Crippen molar-refractivity contribution in [2.45, 2.75) is 32.9 Å². The van der Waals surface area contributed by atoms with Gasteiger partial charge < -0.3 is 9.57 Å². The standard InChI is InChI=1S/C12H17NO2/c1-7-5-8(2)11-10(6-7)15-9(3)12(11)13-14-4/h5-6,9,12-13H,1-4H3. The summed E-state index contributed by atoms with van der Waals surface area (Å²) in [4.78, 5) is 5.01. The van der Waals surface area contributed by atoms with Crippen molar-refractivity contribution in [2.24, 2.45) is 0 Å². The number of hydroxylamine groups is 1. The van der Waals surface area contributed by atoms with Crippen molar-refractivity contribution < 1.29 is 9.57 Å². The Hall–Kier alpha value is -1.06. The molecule has 1 aromatic carbocycles. The summed E-state index contributed by atoms with van der Waals surface area (Å²) in [7, 11) is 1.63. The lowest BCUT2D eigenvalue weighted by Gasteiger charge is -2.15. The normalized spacial score (nSPS) is 23.7. The van der Waals surface area contributed by atoms with E-state index in [4.69, 9.17) is 9.57 Å². The van der Waals surface area contributed by atoms with Crippen LogP contribution in [0.15, 0.2) is 12.1 Å². The van der Waals surface area contributed by atoms with Crippen LogP contribution in [0.4, 0.5) is 0 Å². The number of nitrogens with one attached hydrogen (secondary N) is 1. The zero-order valence-electron chi connectivity index (χ0n) is 9.63. The summed E-state index contributed by atoms with van der Waals surface area (Å²) in [5.41, 5.74) is 6.69. The number of ether oxygens (including phenoxy) is 1. The van der Waals surface area contributed by atoms with E-state index in [1.807, 2.05) is 6.92 Å². The van der Waals surface area contributed by atoms with Gasteiger partial charge in [0, 0.05) is 5.56 Å². The summed E-state index contributed by atoms with van der Waals surface area (Å²) in [5, 5.41) is 0. The number of benzene rings is 1. The van der Waals surface area contributed by atoms with Gasteiger partial charge in [-0.15, -0.1) is 0 Å². The average Bonchev–Trinajstić information content (AvgIpc) is 2.43. The highest BCUT2D eigenvalue weighted by molar-refractivity contribution is 5.48. The maximum atomic E-state index is 5.79. The molecule has 3 heteroatoms. The summed E-state index contributed by atoms with van der Waals surface area (Å²) in [6.07, 6.45) is 0.112. The monoisotopic (exact) mass is 207 g/mol. The van der Waals surface area contributed by atoms with E-state index in [-0.39, 0.29) is 12.1 Å². The van der Waals surface area contributed by atoms with E-state index >= 15 is 0 Å². The van der Waals surface area contributed by atoms with Crippen molar-refractivity contribution in [3.05, 3.63) is 28.8 Å². The minimum absolute atomic E-state index is 0.112. The Morgan fingerprint density at radius 3 is 2.73 bits per heavy atom. The average molecular weight is 207 g/mol. The first kappa shape index (κ1) is 10.5. The molecule has 1 heterocycles. The van der Waals surface area contributed by atoms with Crippen LogP contribution in [0.3, 0.4) is 0 Å². The topological polar surface area (TPSA) is 30.5 Å². The highest BCUT2D eigenvalue weighted by atomic mass is 16.6. The van der Waals surface area contributed by atoms with Crippen LogP contribution in [-0.4, -0.2) is 13.2 Å². The lowest BCUT2D eigenvalue weighted by Crippen LogP contribution is -2.28. The second kappa shape index (κ2) is 3.83. The highest BCUT2D eigenvalue weighted by Gasteiger charge is 2.32. The van der Waals surface area contributed by atoms with Gasteiger partial charge in [0.2, 0.25) is 0 Å². The fourth-order valence-electron chi connectivity index (χ4n) is 2.22. The molecule has 0 amide bonds. The first-order valence-electron chi connectivity index (χ1n) is 5.19. The fourth-order valence-corrected chi connectivity index (χ4v) is 2.22. The summed E-state index contributed by atoms with van der Waals surface area (Å²) >= 11 is 0. The Balaban J connectivity index is 2.43. The third kappa shape index (κ3) is 1.73. The SMILES string of the molecule is CONC1c2c(C)cc(C)cc2OC1C. The van der Waals surface area contributed by atoms with E-state index < -0.39 is 0 Å². The van der Waals surface area contributed by atoms with Crippen molar-refractivity contribution in [1.29, 1.82) is 0 Å². The second-order valence-electron chi connectivity index (χ2n) is 4.12. The molecule has 2 unspecified atom stereocenters. The molecule has 0 bridgehead atoms. The van der Waals surface area contributed by atoms with Crippen LogP contribution in [0.2, 0.25) is 0 Å². The van der Waals surface area contributed by atoms with Crippen LogP contribution in [0.1, 0.15) is 29.7 Å². The van der Waals surface area contributed by atoms with Gasteiger partial charge in [-0.3, -0.25) is 0 Å². The Morgan fingerprint density at radius 1 is 1.33 bits per heavy atom. The van der Waals surface area contributed by atoms with E-state index in [1.54, 1.807) is 7.11 Å². The molecule has 1 aromatic rings. The number of hydrogen-bond acceptors (Lipinski definition) is 3. The molecular weight excluding hydrogens is 190 g/mol. The summed E-state index contributed by atoms with van der Waals surface area (Å²) in [5.74, 6) is 0.981. The van der Waals surface area contributed by atoms with E-state index in [0.717, 1.165) is 5.75 Å². The minimum atomic E-state index is 0.112. The van der Waals surface area contributed by atoms with Gasteiger partial charge in [-0.25, -0.2) is 0 Å². The van der Waals surface area contributed by atoms with Crippen LogP contribution in [0.5, 0.6) is 5.75 Å². The fraction of sp³-hybridized carbons (Fsp3) is 0.500. The maximum absolute atomic E-state index is 5.79. The molecule has 2 rings (SSSR count). The summed E-state index contributed by atoms with van der Waals surface area (Å²) < 4.78 is 5.79. The van der Waals surface area contributed by atoms with Gasteiger partial charge in [0.05, 0.1) is 13.2 Å². The molecule has 0 fully saturated rings. The largest absolute Gasteiger partial charge is 0.488 e. The van der Waals surface area contributed by atoms with Crippen LogP contribution in [0.25, 0.3) is 0 Å². The van der Waals surface area contributed by atoms with E-state index in [1.165, 1.54) is 16.7 Å². The molecule has 0 aromatic heterocycles. The smallest absolute Gasteiger partial charge is 0.125 e. The minimum Gasteiger partial charge on any atom is -0.488 e. The van der Waals surface area contributed by atoms with E-state index in [9.17, 15) is 0 Å². The first-order valence-corrected chi connectivity index (χ1v) is 5.19. The van der Waals surface area contributed by atoms with Gasteiger partial charge in [0.25, 0.3) is 0 Å². The molecular formula is C12H17NO2. The summed E-state index contributed by atoms with van der Waals surface area (Å²) in [6, 6.07) is 4.38. The Morgan fingerprint density at radius 2 is 2.07 bits per heavy atom. The van der Waals surface area contributed by atoms with Crippen molar-refractivity contribution in [2.75, 3.05) is 7.11 Å². The number of hydrogen-bond donors (Lipinski definition) is 1. The Bertz CT molecular complexity index is 376. The van der Waals surface area contributed by atoms with Gasteiger partial charge in [-0.05, 0) is 38.0 Å². The zero-order chi connectivity index (χ0) is 11.0. The molecule has 15 heavy (non-hydrogen) atoms. The van der Waals surface area contributed by atoms with Crippen LogP contribution >= 0.6 is 0 Å². The lowest BCUT2D eigenvalue weighted by atomic mass is 9.98. The summed E-state index contributed by atoms with van der Waals surface area (Å²) in [6.45, 7) is 6.24. The molecule has 1 aliphatic rings. The number of aryl methyl sites for hydroxylation is 2. The van der Waals surface area contributed by atoms with Gasteiger partial charge in [0.15, 0.2) is 0 Å². The molecule has 0 saturated heterocycles. The van der Waals surface area contributed by atoms with Gasteiger partial charge in [0.1, 0.15) is 11.9 Å². The maximum Gasteiger partial charge on any atom is 0.125 e. The zero-order valence-corrected chi connectivity index (χ0v) is 9.63. The van der Waals surface area contributed by atoms with Gasteiger partial charge >= 0.3 is 0 Å². The Labute approximate surface area is 90.3 Å². The third-order valence-electron chi connectivity index (χ3n) is 2.83. The van der Waals surface area contributed by atoms with Gasteiger partial charge in [-0.2, -0.15) is 5.48 Å². The van der Waals surface area contributed by atoms with Crippen LogP contribution < -0.4 is 10.2 Å². The van der Waals surface area contributed by atoms with E-state index in [2.05, 4.69) is 31.5 Å². The van der Waals surface area contributed by atoms with Crippen LogP contribution in [0, 0.1) is 13.8 Å². The highest BCUT2D eigenvalue weighted by Crippen LogP contribution is 2.39. The molecule has 0 saturated carbocycles. The predicted molar refractivity (Wildman–Crippen MR) is 58.9 cm³/mol. The first-order chi connectivity index (χ1) is 7.13. The third-order valence-corrected chi connectivity index (χ3v) is 2.83. The van der Waals surface area contributed by atoms with Crippen molar-refractivity contribution >= 4 is 0 Å². The molecule has 82 valence electrons. The molecule has 3 nitrogen and oxygen atoms in total. The van der Waals surface area contributed by atoms with E-state index in [0.29, 0.717) is 0 Å². The second-order valence-corrected chi connectivity index (χ2v) is 4.12. The Kier molecular flexibility index (Phi) is 2.67. The molecule has 0 radical (unpaired) electrons. The lowest BCUT2D eigenvalue weighted by molar-refractivity contribution is 0.0338. The molecule has 1 N–H and O–H groups in total. The van der Waals surface area contributed by atoms with Crippen molar-refractivity contribution in [3.63, 3.8) is 0 Å². The van der Waals surface area contributed by atoms with Crippen molar-refractivity contribution in [1.82, 2.24) is 5.48 Å². The number of rotatable bonds is 2. The predicted octanol–water partition coefficient (Wildman–Crippen LogP) is 2.28. The quantitative estimate of drug-likeness (QED) is 0.755.